The molecular weight excluding hydrogens is 619 g/mol. The Labute approximate surface area is 287 Å². The third-order valence-electron chi connectivity index (χ3n) is 10.0. The van der Waals surface area contributed by atoms with Crippen molar-refractivity contribution >= 4 is 59.0 Å². The van der Waals surface area contributed by atoms with Crippen LogP contribution in [0.5, 0.6) is 0 Å². The molecule has 45 heavy (non-hydrogen) atoms. The van der Waals surface area contributed by atoms with Crippen molar-refractivity contribution in [2.24, 2.45) is 0 Å². The van der Waals surface area contributed by atoms with Gasteiger partial charge in [0.25, 0.3) is 0 Å². The fourth-order valence-corrected chi connectivity index (χ4v) is 7.86. The van der Waals surface area contributed by atoms with Crippen LogP contribution in [-0.4, -0.2) is 16.0 Å². The van der Waals surface area contributed by atoms with E-state index in [1.54, 1.807) is 5.56 Å². The Bertz CT molecular complexity index is 1620. The van der Waals surface area contributed by atoms with E-state index in [1.807, 2.05) is 0 Å². The van der Waals surface area contributed by atoms with Crippen molar-refractivity contribution in [3.8, 4) is 0 Å². The smallest absolute Gasteiger partial charge is 0.0480 e. The second-order valence-electron chi connectivity index (χ2n) is 12.8. The number of aryl methyl sites for hydroxylation is 2. The van der Waals surface area contributed by atoms with Gasteiger partial charge >= 0.3 is 0 Å². The van der Waals surface area contributed by atoms with Crippen LogP contribution < -0.4 is 10.6 Å². The number of hydrogen-bond donors (Lipinski definition) is 4. The van der Waals surface area contributed by atoms with Crippen LogP contribution in [0.1, 0.15) is 111 Å². The normalized spacial score (nSPS) is 19.9. The van der Waals surface area contributed by atoms with Gasteiger partial charge in [0.05, 0.1) is 0 Å². The summed E-state index contributed by atoms with van der Waals surface area (Å²) in [5, 5.41) is 10.6. The van der Waals surface area contributed by atoms with Crippen LogP contribution >= 0.6 is 37.2 Å². The highest BCUT2D eigenvalue weighted by Crippen LogP contribution is 2.37. The maximum Gasteiger partial charge on any atom is 0.0480 e. The van der Waals surface area contributed by atoms with Gasteiger partial charge in [-0.05, 0) is 87.1 Å². The summed E-state index contributed by atoms with van der Waals surface area (Å²) in [4.78, 5) is 7.35. The fourth-order valence-electron chi connectivity index (χ4n) is 7.86. The van der Waals surface area contributed by atoms with Crippen molar-refractivity contribution in [1.29, 1.82) is 0 Å². The number of H-pyrrole nitrogens is 2. The molecule has 2 unspecified atom stereocenters. The molecule has 0 spiro atoms. The number of halogens is 3. The molecule has 0 bridgehead atoms. The molecule has 2 aromatic heterocycles. The summed E-state index contributed by atoms with van der Waals surface area (Å²) in [6, 6.07) is 30.2. The minimum absolute atomic E-state index is 0. The third-order valence-corrected chi connectivity index (χ3v) is 10.0. The number of nitrogens with one attached hydrogen (secondary N) is 4. The Kier molecular flexibility index (Phi) is 12.9. The molecular formula is C38H49Cl3N4. The number of benzene rings is 3. The van der Waals surface area contributed by atoms with Gasteiger partial charge in [-0.25, -0.2) is 0 Å². The average molecular weight is 668 g/mol. The molecule has 3 aliphatic rings. The van der Waals surface area contributed by atoms with E-state index in [2.05, 4.69) is 106 Å². The first kappa shape index (κ1) is 35.4. The molecule has 242 valence electrons. The lowest BCUT2D eigenvalue weighted by molar-refractivity contribution is 0.318. The van der Waals surface area contributed by atoms with Gasteiger partial charge in [0.15, 0.2) is 0 Å². The maximum absolute atomic E-state index is 3.94. The van der Waals surface area contributed by atoms with E-state index in [-0.39, 0.29) is 37.2 Å². The molecule has 8 rings (SSSR count). The van der Waals surface area contributed by atoms with Gasteiger partial charge in [-0.15, -0.1) is 37.2 Å². The first-order valence-electron chi connectivity index (χ1n) is 16.5. The summed E-state index contributed by atoms with van der Waals surface area (Å²) in [6.45, 7) is 2.26. The number of para-hydroxylation sites is 2. The SMILES string of the molecule is C[C@@H](NC1CCCc2c1[nH]c1ccccc21)c1ccccc1.Cl.Cl.Cl.c1ccc2c3c([nH]c2c1)C(NC1CCCCC1)CCC3. The Morgan fingerprint density at radius 1 is 0.578 bits per heavy atom. The molecule has 7 heteroatoms. The lowest BCUT2D eigenvalue weighted by atomic mass is 9.89. The van der Waals surface area contributed by atoms with Gasteiger partial charge < -0.3 is 20.6 Å². The summed E-state index contributed by atoms with van der Waals surface area (Å²) < 4.78 is 0. The summed E-state index contributed by atoms with van der Waals surface area (Å²) in [5.74, 6) is 0. The molecule has 3 atom stereocenters. The topological polar surface area (TPSA) is 55.6 Å². The summed E-state index contributed by atoms with van der Waals surface area (Å²) in [5.41, 5.74) is 9.90. The molecule has 1 saturated carbocycles. The fraction of sp³-hybridized carbons (Fsp3) is 0.421. The molecule has 4 nitrogen and oxygen atoms in total. The van der Waals surface area contributed by atoms with Crippen LogP contribution in [-0.2, 0) is 12.8 Å². The molecule has 5 aromatic rings. The zero-order chi connectivity index (χ0) is 28.3. The maximum atomic E-state index is 3.94. The van der Waals surface area contributed by atoms with Crippen molar-refractivity contribution in [3.63, 3.8) is 0 Å². The van der Waals surface area contributed by atoms with E-state index in [4.69, 9.17) is 0 Å². The Morgan fingerprint density at radius 3 is 1.69 bits per heavy atom. The highest BCUT2D eigenvalue weighted by atomic mass is 35.5. The van der Waals surface area contributed by atoms with E-state index in [0.717, 1.165) is 6.04 Å². The van der Waals surface area contributed by atoms with Crippen LogP contribution in [0.2, 0.25) is 0 Å². The quantitative estimate of drug-likeness (QED) is 0.151. The van der Waals surface area contributed by atoms with Crippen LogP contribution in [0.15, 0.2) is 78.9 Å². The van der Waals surface area contributed by atoms with Gasteiger partial charge in [-0.2, -0.15) is 0 Å². The summed E-state index contributed by atoms with van der Waals surface area (Å²) >= 11 is 0. The zero-order valence-electron chi connectivity index (χ0n) is 26.3. The lowest BCUT2D eigenvalue weighted by Crippen LogP contribution is -2.36. The molecule has 1 fully saturated rings. The van der Waals surface area contributed by atoms with Crippen LogP contribution in [0, 0.1) is 0 Å². The molecule has 4 N–H and O–H groups in total. The first-order chi connectivity index (χ1) is 20.7. The number of aromatic nitrogens is 2. The molecule has 0 saturated heterocycles. The Morgan fingerprint density at radius 2 is 1.09 bits per heavy atom. The highest BCUT2D eigenvalue weighted by molar-refractivity contribution is 5.86. The van der Waals surface area contributed by atoms with E-state index >= 15 is 0 Å². The predicted octanol–water partition coefficient (Wildman–Crippen LogP) is 10.6. The molecule has 2 heterocycles. The number of aromatic amines is 2. The molecule has 3 aliphatic carbocycles. The highest BCUT2D eigenvalue weighted by Gasteiger charge is 2.27. The number of hydrogen-bond acceptors (Lipinski definition) is 2. The first-order valence-corrected chi connectivity index (χ1v) is 16.5. The third kappa shape index (κ3) is 7.75. The van der Waals surface area contributed by atoms with Gasteiger partial charge in [-0.3, -0.25) is 0 Å². The van der Waals surface area contributed by atoms with Crippen molar-refractivity contribution in [3.05, 3.63) is 107 Å². The van der Waals surface area contributed by atoms with E-state index in [9.17, 15) is 0 Å². The number of fused-ring (bicyclic) bond motifs is 6. The van der Waals surface area contributed by atoms with E-state index < -0.39 is 0 Å². The largest absolute Gasteiger partial charge is 0.357 e. The van der Waals surface area contributed by atoms with Crippen LogP contribution in [0.4, 0.5) is 0 Å². The van der Waals surface area contributed by atoms with Crippen molar-refractivity contribution < 1.29 is 0 Å². The Hall–Kier alpha value is -2.47. The average Bonchev–Trinajstić information content (AvgIpc) is 3.62. The van der Waals surface area contributed by atoms with Gasteiger partial charge in [-0.1, -0.05) is 86.0 Å². The molecule has 3 aromatic carbocycles. The molecule has 0 radical (unpaired) electrons. The monoisotopic (exact) mass is 666 g/mol. The van der Waals surface area contributed by atoms with Gasteiger partial charge in [0, 0.05) is 57.4 Å². The summed E-state index contributed by atoms with van der Waals surface area (Å²) in [6.07, 6.45) is 14.5. The molecule has 0 amide bonds. The molecule has 0 aliphatic heterocycles. The van der Waals surface area contributed by atoms with Crippen LogP contribution in [0.25, 0.3) is 21.8 Å². The van der Waals surface area contributed by atoms with E-state index in [0.29, 0.717) is 18.1 Å². The number of rotatable bonds is 5. The minimum atomic E-state index is 0. The summed E-state index contributed by atoms with van der Waals surface area (Å²) in [7, 11) is 0. The van der Waals surface area contributed by atoms with Crippen molar-refractivity contribution in [2.75, 3.05) is 0 Å². The van der Waals surface area contributed by atoms with Gasteiger partial charge in [0.1, 0.15) is 0 Å². The lowest BCUT2D eigenvalue weighted by Gasteiger charge is -2.31. The second-order valence-corrected chi connectivity index (χ2v) is 12.8. The van der Waals surface area contributed by atoms with Crippen molar-refractivity contribution in [2.45, 2.75) is 102 Å². The van der Waals surface area contributed by atoms with Gasteiger partial charge in [0.2, 0.25) is 0 Å². The van der Waals surface area contributed by atoms with Crippen LogP contribution in [0.3, 0.4) is 0 Å². The van der Waals surface area contributed by atoms with Crippen molar-refractivity contribution in [1.82, 2.24) is 20.6 Å². The standard InChI is InChI=1S/C20H22N2.C18H24N2.3ClH/c1-14(15-8-3-2-4-9-15)21-19-13-7-11-17-16-10-5-6-12-18(16)22-20(17)19;1-2-7-13(8-3-1)19-17-12-6-10-15-14-9-4-5-11-16(14)20-18(15)17;;;/h2-6,8-10,12,14,19,21-22H,7,11,13H2,1H3;4-5,9,11,13,17,19-20H,1-3,6-8,10,12H2;3*1H/t14-,19?;;;;/m1..../s1. The minimum Gasteiger partial charge on any atom is -0.357 e. The van der Waals surface area contributed by atoms with E-state index in [1.165, 1.54) is 115 Å². The predicted molar refractivity (Wildman–Crippen MR) is 198 cm³/mol. The second kappa shape index (κ2) is 16.4. The zero-order valence-corrected chi connectivity index (χ0v) is 28.8. The Balaban J connectivity index is 0.000000193.